The predicted molar refractivity (Wildman–Crippen MR) is 56.1 cm³/mol. The minimum atomic E-state index is 0.735. The van der Waals surface area contributed by atoms with Gasteiger partial charge in [-0.1, -0.05) is 6.92 Å². The predicted octanol–water partition coefficient (Wildman–Crippen LogP) is 1.10. The van der Waals surface area contributed by atoms with Crippen molar-refractivity contribution in [3.05, 3.63) is 6.33 Å². The molecule has 0 saturated carbocycles. The van der Waals surface area contributed by atoms with Crippen molar-refractivity contribution in [2.45, 2.75) is 19.8 Å². The van der Waals surface area contributed by atoms with Crippen molar-refractivity contribution in [3.8, 4) is 0 Å². The lowest BCUT2D eigenvalue weighted by Crippen LogP contribution is -2.26. The van der Waals surface area contributed by atoms with E-state index < -0.39 is 0 Å². The molecular formula is C8H16N4S. The summed E-state index contributed by atoms with van der Waals surface area (Å²) in [6, 6.07) is 0. The summed E-state index contributed by atoms with van der Waals surface area (Å²) < 4.78 is 3.99. The second kappa shape index (κ2) is 5.88. The van der Waals surface area contributed by atoms with E-state index in [2.05, 4.69) is 21.2 Å². The fraction of sp³-hybridized carbons (Fsp3) is 0.750. The molecule has 2 N–H and O–H groups in total. The summed E-state index contributed by atoms with van der Waals surface area (Å²) in [6.07, 6.45) is 3.74. The number of aromatic nitrogens is 2. The van der Waals surface area contributed by atoms with Gasteiger partial charge in [0.2, 0.25) is 5.13 Å². The minimum absolute atomic E-state index is 0.735. The number of anilines is 1. The number of hydrogen-bond donors (Lipinski definition) is 1. The Hall–Kier alpha value is -0.680. The monoisotopic (exact) mass is 200 g/mol. The molecule has 0 spiro atoms. The minimum Gasteiger partial charge on any atom is -0.347 e. The van der Waals surface area contributed by atoms with Crippen molar-refractivity contribution < 1.29 is 0 Å². The summed E-state index contributed by atoms with van der Waals surface area (Å²) >= 11 is 1.45. The van der Waals surface area contributed by atoms with Crippen LogP contribution < -0.4 is 10.6 Å². The van der Waals surface area contributed by atoms with Gasteiger partial charge in [0.1, 0.15) is 6.33 Å². The zero-order valence-electron chi connectivity index (χ0n) is 7.94. The molecule has 5 heteroatoms. The van der Waals surface area contributed by atoms with E-state index in [1.807, 2.05) is 0 Å². The fourth-order valence-electron chi connectivity index (χ4n) is 1.16. The van der Waals surface area contributed by atoms with E-state index in [-0.39, 0.29) is 0 Å². The topological polar surface area (TPSA) is 55.0 Å². The van der Waals surface area contributed by atoms with Crippen LogP contribution in [0.25, 0.3) is 0 Å². The van der Waals surface area contributed by atoms with Crippen LogP contribution in [0.1, 0.15) is 19.8 Å². The van der Waals surface area contributed by atoms with Gasteiger partial charge in [0.05, 0.1) is 0 Å². The maximum atomic E-state index is 5.47. The van der Waals surface area contributed by atoms with Crippen LogP contribution in [0.3, 0.4) is 0 Å². The first kappa shape index (κ1) is 10.4. The van der Waals surface area contributed by atoms with E-state index in [0.717, 1.165) is 37.6 Å². The summed E-state index contributed by atoms with van der Waals surface area (Å²) in [4.78, 5) is 6.42. The van der Waals surface area contributed by atoms with Gasteiger partial charge in [-0.2, -0.15) is 4.37 Å². The first-order valence-electron chi connectivity index (χ1n) is 4.60. The molecule has 74 valence electrons. The average molecular weight is 200 g/mol. The number of hydrogen-bond acceptors (Lipinski definition) is 5. The van der Waals surface area contributed by atoms with Crippen molar-refractivity contribution in [1.29, 1.82) is 0 Å². The molecule has 0 saturated heterocycles. The fourth-order valence-corrected chi connectivity index (χ4v) is 1.74. The Kier molecular flexibility index (Phi) is 4.70. The molecule has 1 rings (SSSR count). The van der Waals surface area contributed by atoms with Gasteiger partial charge in [0.15, 0.2) is 0 Å². The molecule has 0 aromatic carbocycles. The van der Waals surface area contributed by atoms with E-state index in [1.54, 1.807) is 6.33 Å². The maximum Gasteiger partial charge on any atom is 0.204 e. The van der Waals surface area contributed by atoms with Gasteiger partial charge < -0.3 is 10.6 Å². The van der Waals surface area contributed by atoms with Gasteiger partial charge in [-0.15, -0.1) is 0 Å². The SMILES string of the molecule is CCCN(CCCN)c1ncns1. The van der Waals surface area contributed by atoms with E-state index in [1.165, 1.54) is 11.5 Å². The Balaban J connectivity index is 2.47. The van der Waals surface area contributed by atoms with Crippen LogP contribution in [0.2, 0.25) is 0 Å². The molecule has 0 atom stereocenters. The van der Waals surface area contributed by atoms with Crippen LogP contribution in [-0.2, 0) is 0 Å². The maximum absolute atomic E-state index is 5.47. The smallest absolute Gasteiger partial charge is 0.204 e. The lowest BCUT2D eigenvalue weighted by Gasteiger charge is -2.19. The average Bonchev–Trinajstić information content (AvgIpc) is 2.65. The molecule has 0 unspecified atom stereocenters. The van der Waals surface area contributed by atoms with E-state index >= 15 is 0 Å². The third-order valence-corrected chi connectivity index (χ3v) is 2.47. The van der Waals surface area contributed by atoms with Gasteiger partial charge in [-0.05, 0) is 19.4 Å². The third-order valence-electron chi connectivity index (χ3n) is 1.75. The largest absolute Gasteiger partial charge is 0.347 e. The Labute approximate surface area is 82.9 Å². The molecule has 1 aromatic rings. The second-order valence-electron chi connectivity index (χ2n) is 2.85. The summed E-state index contributed by atoms with van der Waals surface area (Å²) in [5, 5.41) is 1.01. The van der Waals surface area contributed by atoms with Gasteiger partial charge in [0, 0.05) is 24.6 Å². The normalized spacial score (nSPS) is 10.3. The lowest BCUT2D eigenvalue weighted by atomic mass is 10.3. The van der Waals surface area contributed by atoms with Crippen LogP contribution in [-0.4, -0.2) is 29.0 Å². The van der Waals surface area contributed by atoms with E-state index in [0.29, 0.717) is 0 Å². The van der Waals surface area contributed by atoms with Gasteiger partial charge in [-0.3, -0.25) is 0 Å². The highest BCUT2D eigenvalue weighted by molar-refractivity contribution is 7.09. The highest BCUT2D eigenvalue weighted by Crippen LogP contribution is 2.14. The van der Waals surface area contributed by atoms with Gasteiger partial charge >= 0.3 is 0 Å². The summed E-state index contributed by atoms with van der Waals surface area (Å²) in [6.45, 7) is 4.92. The van der Waals surface area contributed by atoms with E-state index in [4.69, 9.17) is 5.73 Å². The Morgan fingerprint density at radius 2 is 2.38 bits per heavy atom. The Bertz CT molecular complexity index is 212. The first-order valence-corrected chi connectivity index (χ1v) is 5.37. The second-order valence-corrected chi connectivity index (χ2v) is 3.61. The lowest BCUT2D eigenvalue weighted by molar-refractivity contribution is 0.718. The molecule has 0 aliphatic carbocycles. The van der Waals surface area contributed by atoms with Crippen molar-refractivity contribution in [2.24, 2.45) is 5.73 Å². The Morgan fingerprint density at radius 3 is 2.92 bits per heavy atom. The van der Waals surface area contributed by atoms with Gasteiger partial charge in [0.25, 0.3) is 0 Å². The number of nitrogens with two attached hydrogens (primary N) is 1. The quantitative estimate of drug-likeness (QED) is 0.747. The van der Waals surface area contributed by atoms with Crippen LogP contribution in [0.15, 0.2) is 6.33 Å². The first-order chi connectivity index (χ1) is 6.38. The summed E-state index contributed by atoms with van der Waals surface area (Å²) in [5.41, 5.74) is 5.47. The molecule has 0 aliphatic heterocycles. The van der Waals surface area contributed by atoms with E-state index in [9.17, 15) is 0 Å². The molecule has 13 heavy (non-hydrogen) atoms. The Morgan fingerprint density at radius 1 is 1.54 bits per heavy atom. The highest BCUT2D eigenvalue weighted by Gasteiger charge is 2.07. The van der Waals surface area contributed by atoms with Crippen LogP contribution in [0.4, 0.5) is 5.13 Å². The van der Waals surface area contributed by atoms with Crippen LogP contribution >= 0.6 is 11.5 Å². The molecule has 0 amide bonds. The van der Waals surface area contributed by atoms with Crippen molar-refractivity contribution >= 4 is 16.7 Å². The zero-order chi connectivity index (χ0) is 9.52. The summed E-state index contributed by atoms with van der Waals surface area (Å²) in [7, 11) is 0. The number of rotatable bonds is 6. The van der Waals surface area contributed by atoms with Crippen molar-refractivity contribution in [2.75, 3.05) is 24.5 Å². The summed E-state index contributed by atoms with van der Waals surface area (Å²) in [5.74, 6) is 0. The standard InChI is InChI=1S/C8H16N4S/c1-2-5-12(6-3-4-9)8-10-7-11-13-8/h7H,2-6,9H2,1H3. The molecule has 1 heterocycles. The molecule has 0 radical (unpaired) electrons. The number of nitrogens with zero attached hydrogens (tertiary/aromatic N) is 3. The zero-order valence-corrected chi connectivity index (χ0v) is 8.76. The molecule has 0 aliphatic rings. The van der Waals surface area contributed by atoms with Crippen molar-refractivity contribution in [3.63, 3.8) is 0 Å². The molecule has 4 nitrogen and oxygen atoms in total. The highest BCUT2D eigenvalue weighted by atomic mass is 32.1. The molecule has 1 aromatic heterocycles. The van der Waals surface area contributed by atoms with Crippen molar-refractivity contribution in [1.82, 2.24) is 9.36 Å². The van der Waals surface area contributed by atoms with Crippen LogP contribution in [0.5, 0.6) is 0 Å². The van der Waals surface area contributed by atoms with Crippen LogP contribution in [0, 0.1) is 0 Å². The van der Waals surface area contributed by atoms with Gasteiger partial charge in [-0.25, -0.2) is 4.98 Å². The molecule has 0 fully saturated rings. The molecular weight excluding hydrogens is 184 g/mol. The molecule has 0 bridgehead atoms. The third kappa shape index (κ3) is 3.28.